The summed E-state index contributed by atoms with van der Waals surface area (Å²) in [6.07, 6.45) is -0.0936. The van der Waals surface area contributed by atoms with Crippen LogP contribution in [0.5, 0.6) is 5.75 Å². The van der Waals surface area contributed by atoms with Gasteiger partial charge >= 0.3 is 0 Å². The summed E-state index contributed by atoms with van der Waals surface area (Å²) in [7, 11) is 0. The van der Waals surface area contributed by atoms with Gasteiger partial charge in [-0.1, -0.05) is 6.07 Å². The number of phenolic OH excluding ortho intramolecular Hbond substituents is 1. The average molecular weight is 211 g/mol. The minimum absolute atomic E-state index is 0.0936. The molecule has 82 valence electrons. The van der Waals surface area contributed by atoms with E-state index >= 15 is 0 Å². The Morgan fingerprint density at radius 1 is 1.53 bits per heavy atom. The molecule has 1 aromatic rings. The highest BCUT2D eigenvalue weighted by molar-refractivity contribution is 5.36. The van der Waals surface area contributed by atoms with Crippen LogP contribution in [0, 0.1) is 12.7 Å². The number of hydrogen-bond acceptors (Lipinski definition) is 3. The molecule has 2 N–H and O–H groups in total. The summed E-state index contributed by atoms with van der Waals surface area (Å²) >= 11 is 0. The van der Waals surface area contributed by atoms with Crippen LogP contribution in [-0.4, -0.2) is 24.8 Å². The molecule has 0 bridgehead atoms. The van der Waals surface area contributed by atoms with E-state index in [2.05, 4.69) is 5.32 Å². The van der Waals surface area contributed by atoms with Crippen LogP contribution < -0.4 is 5.32 Å². The minimum Gasteiger partial charge on any atom is -0.505 e. The van der Waals surface area contributed by atoms with Gasteiger partial charge in [-0.25, -0.2) is 4.39 Å². The van der Waals surface area contributed by atoms with Crippen molar-refractivity contribution in [2.45, 2.75) is 13.0 Å². The van der Waals surface area contributed by atoms with Gasteiger partial charge in [-0.15, -0.1) is 0 Å². The van der Waals surface area contributed by atoms with Crippen LogP contribution in [0.4, 0.5) is 4.39 Å². The maximum absolute atomic E-state index is 13.2. The van der Waals surface area contributed by atoms with E-state index in [0.29, 0.717) is 18.7 Å². The van der Waals surface area contributed by atoms with E-state index in [-0.39, 0.29) is 11.9 Å². The summed E-state index contributed by atoms with van der Waals surface area (Å²) in [6.45, 7) is 3.81. The van der Waals surface area contributed by atoms with E-state index in [1.807, 2.05) is 0 Å². The van der Waals surface area contributed by atoms with Crippen LogP contribution in [-0.2, 0) is 4.74 Å². The molecule has 4 heteroatoms. The molecule has 3 nitrogen and oxygen atoms in total. The van der Waals surface area contributed by atoms with Crippen LogP contribution in [0.2, 0.25) is 0 Å². The van der Waals surface area contributed by atoms with Crippen LogP contribution >= 0.6 is 0 Å². The van der Waals surface area contributed by atoms with Crippen molar-refractivity contribution >= 4 is 0 Å². The smallest absolute Gasteiger partial charge is 0.167 e. The fourth-order valence-corrected chi connectivity index (χ4v) is 1.74. The van der Waals surface area contributed by atoms with E-state index < -0.39 is 5.82 Å². The average Bonchev–Trinajstić information content (AvgIpc) is 2.26. The normalized spacial score (nSPS) is 21.6. The summed E-state index contributed by atoms with van der Waals surface area (Å²) in [4.78, 5) is 0. The molecule has 1 aromatic carbocycles. The predicted molar refractivity (Wildman–Crippen MR) is 54.4 cm³/mol. The number of nitrogens with one attached hydrogen (secondary N) is 1. The maximum atomic E-state index is 13.2. The Bertz CT molecular complexity index is 339. The van der Waals surface area contributed by atoms with Crippen molar-refractivity contribution in [3.8, 4) is 5.75 Å². The molecule has 2 rings (SSSR count). The van der Waals surface area contributed by atoms with Crippen molar-refractivity contribution in [2.75, 3.05) is 19.7 Å². The van der Waals surface area contributed by atoms with Gasteiger partial charge in [-0.3, -0.25) is 0 Å². The Kier molecular flexibility index (Phi) is 2.88. The molecule has 0 spiro atoms. The quantitative estimate of drug-likeness (QED) is 0.739. The summed E-state index contributed by atoms with van der Waals surface area (Å²) in [5.74, 6) is -0.860. The first-order valence-corrected chi connectivity index (χ1v) is 5.00. The number of benzene rings is 1. The van der Waals surface area contributed by atoms with Crippen molar-refractivity contribution in [1.82, 2.24) is 5.32 Å². The van der Waals surface area contributed by atoms with E-state index in [1.54, 1.807) is 13.0 Å². The zero-order valence-corrected chi connectivity index (χ0v) is 8.59. The summed E-state index contributed by atoms with van der Waals surface area (Å²) in [6, 6.07) is 3.15. The number of hydrogen-bond donors (Lipinski definition) is 2. The third-order valence-electron chi connectivity index (χ3n) is 2.56. The summed E-state index contributed by atoms with van der Waals surface area (Å²) in [5, 5.41) is 12.5. The molecule has 0 aliphatic carbocycles. The highest BCUT2D eigenvalue weighted by Crippen LogP contribution is 2.27. The van der Waals surface area contributed by atoms with E-state index in [0.717, 1.165) is 12.1 Å². The molecule has 1 aliphatic rings. The number of aromatic hydroxyl groups is 1. The monoisotopic (exact) mass is 211 g/mol. The van der Waals surface area contributed by atoms with E-state index in [4.69, 9.17) is 4.74 Å². The Morgan fingerprint density at radius 3 is 2.93 bits per heavy atom. The molecular formula is C11H14FNO2. The molecule has 15 heavy (non-hydrogen) atoms. The zero-order valence-electron chi connectivity index (χ0n) is 8.59. The van der Waals surface area contributed by atoms with Crippen molar-refractivity contribution in [1.29, 1.82) is 0 Å². The fourth-order valence-electron chi connectivity index (χ4n) is 1.74. The van der Waals surface area contributed by atoms with Gasteiger partial charge in [0.2, 0.25) is 0 Å². The summed E-state index contributed by atoms with van der Waals surface area (Å²) < 4.78 is 18.7. The first kappa shape index (κ1) is 10.4. The van der Waals surface area contributed by atoms with Crippen LogP contribution in [0.1, 0.15) is 17.2 Å². The third-order valence-corrected chi connectivity index (χ3v) is 2.56. The minimum atomic E-state index is -0.553. The van der Waals surface area contributed by atoms with Crippen LogP contribution in [0.3, 0.4) is 0 Å². The molecule has 1 unspecified atom stereocenters. The van der Waals surface area contributed by atoms with Gasteiger partial charge in [0.05, 0.1) is 12.7 Å². The number of halogens is 1. The first-order valence-electron chi connectivity index (χ1n) is 5.00. The van der Waals surface area contributed by atoms with E-state index in [9.17, 15) is 9.50 Å². The zero-order chi connectivity index (χ0) is 10.8. The molecule has 1 saturated heterocycles. The molecule has 1 heterocycles. The van der Waals surface area contributed by atoms with Crippen molar-refractivity contribution < 1.29 is 14.2 Å². The highest BCUT2D eigenvalue weighted by atomic mass is 19.1. The lowest BCUT2D eigenvalue weighted by atomic mass is 10.0. The van der Waals surface area contributed by atoms with Gasteiger partial charge in [0, 0.05) is 13.1 Å². The van der Waals surface area contributed by atoms with Gasteiger partial charge in [0.1, 0.15) is 0 Å². The lowest BCUT2D eigenvalue weighted by Gasteiger charge is -2.24. The SMILES string of the molecule is Cc1cc(C2CNCCO2)cc(O)c1F. The first-order chi connectivity index (χ1) is 7.18. The third kappa shape index (κ3) is 2.11. The number of aryl methyl sites for hydroxylation is 1. The van der Waals surface area contributed by atoms with Gasteiger partial charge in [-0.05, 0) is 24.1 Å². The second kappa shape index (κ2) is 4.16. The molecule has 1 aliphatic heterocycles. The van der Waals surface area contributed by atoms with Crippen LogP contribution in [0.15, 0.2) is 12.1 Å². The molecular weight excluding hydrogens is 197 g/mol. The Balaban J connectivity index is 2.27. The second-order valence-corrected chi connectivity index (χ2v) is 3.73. The molecule has 0 aromatic heterocycles. The maximum Gasteiger partial charge on any atom is 0.167 e. The molecule has 1 fully saturated rings. The van der Waals surface area contributed by atoms with Gasteiger partial charge in [0.25, 0.3) is 0 Å². The predicted octanol–water partition coefficient (Wildman–Crippen LogP) is 1.50. The lowest BCUT2D eigenvalue weighted by Crippen LogP contribution is -2.33. The lowest BCUT2D eigenvalue weighted by molar-refractivity contribution is 0.0275. The summed E-state index contributed by atoms with van der Waals surface area (Å²) in [5.41, 5.74) is 1.26. The number of rotatable bonds is 1. The second-order valence-electron chi connectivity index (χ2n) is 3.73. The Morgan fingerprint density at radius 2 is 2.33 bits per heavy atom. The largest absolute Gasteiger partial charge is 0.505 e. The van der Waals surface area contributed by atoms with Gasteiger partial charge in [0.15, 0.2) is 11.6 Å². The Labute approximate surface area is 87.9 Å². The van der Waals surface area contributed by atoms with Crippen molar-refractivity contribution in [2.24, 2.45) is 0 Å². The molecule has 1 atom stereocenters. The topological polar surface area (TPSA) is 41.5 Å². The highest BCUT2D eigenvalue weighted by Gasteiger charge is 2.18. The van der Waals surface area contributed by atoms with Crippen molar-refractivity contribution in [3.05, 3.63) is 29.1 Å². The molecule has 0 radical (unpaired) electrons. The molecule has 0 amide bonds. The standard InChI is InChI=1S/C11H14FNO2/c1-7-4-8(5-9(14)11(7)12)10-6-13-2-3-15-10/h4-5,10,13-14H,2-3,6H2,1H3. The molecule has 0 saturated carbocycles. The Hall–Kier alpha value is -1.13. The number of ether oxygens (including phenoxy) is 1. The van der Waals surface area contributed by atoms with Crippen molar-refractivity contribution in [3.63, 3.8) is 0 Å². The van der Waals surface area contributed by atoms with E-state index in [1.165, 1.54) is 6.07 Å². The number of phenols is 1. The van der Waals surface area contributed by atoms with Gasteiger partial charge < -0.3 is 15.2 Å². The number of morpholine rings is 1. The van der Waals surface area contributed by atoms with Crippen LogP contribution in [0.25, 0.3) is 0 Å². The van der Waals surface area contributed by atoms with Gasteiger partial charge in [-0.2, -0.15) is 0 Å². The fraction of sp³-hybridized carbons (Fsp3) is 0.455.